The van der Waals surface area contributed by atoms with E-state index in [0.29, 0.717) is 18.7 Å². The molecule has 0 radical (unpaired) electrons. The van der Waals surface area contributed by atoms with Crippen LogP contribution in [0.15, 0.2) is 29.2 Å². The molecule has 1 amide bonds. The molecule has 2 fully saturated rings. The SMILES string of the molecule is C[C@H]1CN(S(=O)(=O)c2cccc(C(=O)NC3CCCCCC3)c2)C[C@H](C)O1. The van der Waals surface area contributed by atoms with Gasteiger partial charge in [0.2, 0.25) is 10.0 Å². The van der Waals surface area contributed by atoms with Gasteiger partial charge in [-0.15, -0.1) is 0 Å². The maximum absolute atomic E-state index is 13.0. The van der Waals surface area contributed by atoms with Crippen molar-refractivity contribution >= 4 is 15.9 Å². The molecule has 1 heterocycles. The van der Waals surface area contributed by atoms with Gasteiger partial charge in [-0.3, -0.25) is 4.79 Å². The number of hydrogen-bond acceptors (Lipinski definition) is 4. The van der Waals surface area contributed by atoms with Crippen LogP contribution < -0.4 is 5.32 Å². The van der Waals surface area contributed by atoms with E-state index in [1.54, 1.807) is 18.2 Å². The normalized spacial score (nSPS) is 25.7. The molecule has 2 aliphatic rings. The molecule has 0 bridgehead atoms. The van der Waals surface area contributed by atoms with E-state index in [4.69, 9.17) is 4.74 Å². The zero-order valence-electron chi connectivity index (χ0n) is 16.2. The van der Waals surface area contributed by atoms with Crippen molar-refractivity contribution in [3.8, 4) is 0 Å². The molecule has 1 aromatic carbocycles. The van der Waals surface area contributed by atoms with E-state index in [9.17, 15) is 13.2 Å². The van der Waals surface area contributed by atoms with Gasteiger partial charge in [0.25, 0.3) is 5.91 Å². The summed E-state index contributed by atoms with van der Waals surface area (Å²) >= 11 is 0. The van der Waals surface area contributed by atoms with Gasteiger partial charge in [0.15, 0.2) is 0 Å². The fraction of sp³-hybridized carbons (Fsp3) is 0.650. The Balaban J connectivity index is 1.75. The molecule has 6 nitrogen and oxygen atoms in total. The lowest BCUT2D eigenvalue weighted by Gasteiger charge is -2.34. The van der Waals surface area contributed by atoms with Crippen molar-refractivity contribution in [1.82, 2.24) is 9.62 Å². The summed E-state index contributed by atoms with van der Waals surface area (Å²) in [5, 5.41) is 3.08. The number of sulfonamides is 1. The first-order valence-electron chi connectivity index (χ1n) is 9.93. The van der Waals surface area contributed by atoms with E-state index >= 15 is 0 Å². The van der Waals surface area contributed by atoms with Crippen LogP contribution in [0.25, 0.3) is 0 Å². The van der Waals surface area contributed by atoms with Gasteiger partial charge in [0.1, 0.15) is 0 Å². The van der Waals surface area contributed by atoms with Crippen molar-refractivity contribution in [2.45, 2.75) is 75.5 Å². The Morgan fingerprint density at radius 1 is 1.07 bits per heavy atom. The number of rotatable bonds is 4. The Labute approximate surface area is 162 Å². The summed E-state index contributed by atoms with van der Waals surface area (Å²) in [5.41, 5.74) is 0.398. The Morgan fingerprint density at radius 3 is 2.33 bits per heavy atom. The van der Waals surface area contributed by atoms with Gasteiger partial charge in [-0.1, -0.05) is 31.7 Å². The van der Waals surface area contributed by atoms with Crippen LogP contribution >= 0.6 is 0 Å². The van der Waals surface area contributed by atoms with E-state index in [-0.39, 0.29) is 29.1 Å². The number of ether oxygens (including phenoxy) is 1. The van der Waals surface area contributed by atoms with Crippen molar-refractivity contribution in [2.24, 2.45) is 0 Å². The van der Waals surface area contributed by atoms with Crippen LogP contribution in [-0.4, -0.2) is 50.0 Å². The van der Waals surface area contributed by atoms with E-state index in [1.165, 1.54) is 23.2 Å². The molecular formula is C20H30N2O4S. The fourth-order valence-corrected chi connectivity index (χ4v) is 5.60. The first kappa shape index (κ1) is 20.3. The standard InChI is InChI=1S/C20H30N2O4S/c1-15-13-22(14-16(2)26-15)27(24,25)19-11-7-8-17(12-19)20(23)21-18-9-5-3-4-6-10-18/h7-8,11-12,15-16,18H,3-6,9-10,13-14H2,1-2H3,(H,21,23)/t15-,16-/m0/s1. The maximum atomic E-state index is 13.0. The Hall–Kier alpha value is -1.44. The summed E-state index contributed by atoms with van der Waals surface area (Å²) in [6, 6.07) is 6.55. The van der Waals surface area contributed by atoms with Crippen LogP contribution in [0.4, 0.5) is 0 Å². The van der Waals surface area contributed by atoms with E-state index in [1.807, 2.05) is 13.8 Å². The topological polar surface area (TPSA) is 75.7 Å². The lowest BCUT2D eigenvalue weighted by atomic mass is 10.1. The molecule has 1 saturated heterocycles. The molecule has 3 rings (SSSR count). The minimum atomic E-state index is -3.65. The molecule has 1 N–H and O–H groups in total. The summed E-state index contributed by atoms with van der Waals surface area (Å²) in [7, 11) is -3.65. The van der Waals surface area contributed by atoms with Gasteiger partial charge in [0, 0.05) is 24.7 Å². The second-order valence-electron chi connectivity index (χ2n) is 7.77. The van der Waals surface area contributed by atoms with E-state index in [2.05, 4.69) is 5.32 Å². The largest absolute Gasteiger partial charge is 0.373 e. The van der Waals surface area contributed by atoms with Gasteiger partial charge in [-0.25, -0.2) is 8.42 Å². The number of hydrogen-bond donors (Lipinski definition) is 1. The van der Waals surface area contributed by atoms with Crippen LogP contribution in [-0.2, 0) is 14.8 Å². The predicted octanol–water partition coefficient (Wildman–Crippen LogP) is 2.94. The molecule has 7 heteroatoms. The molecular weight excluding hydrogens is 364 g/mol. The summed E-state index contributed by atoms with van der Waals surface area (Å²) < 4.78 is 33.1. The van der Waals surface area contributed by atoms with Crippen molar-refractivity contribution in [1.29, 1.82) is 0 Å². The number of benzene rings is 1. The molecule has 2 atom stereocenters. The number of carbonyl (C=O) groups is 1. The Kier molecular flexibility index (Phi) is 6.55. The minimum Gasteiger partial charge on any atom is -0.373 e. The van der Waals surface area contributed by atoms with Crippen LogP contribution in [0.2, 0.25) is 0 Å². The minimum absolute atomic E-state index is 0.148. The van der Waals surface area contributed by atoms with E-state index in [0.717, 1.165) is 25.7 Å². The average molecular weight is 395 g/mol. The quantitative estimate of drug-likeness (QED) is 0.797. The zero-order valence-corrected chi connectivity index (χ0v) is 17.0. The lowest BCUT2D eigenvalue weighted by molar-refractivity contribution is -0.0440. The Bertz CT molecular complexity index is 747. The first-order valence-corrected chi connectivity index (χ1v) is 11.4. The average Bonchev–Trinajstić information content (AvgIpc) is 2.89. The molecule has 150 valence electrons. The fourth-order valence-electron chi connectivity index (χ4n) is 3.97. The number of morpholine rings is 1. The van der Waals surface area contributed by atoms with Crippen LogP contribution in [0.5, 0.6) is 0 Å². The molecule has 1 saturated carbocycles. The highest BCUT2D eigenvalue weighted by atomic mass is 32.2. The summed E-state index contributed by atoms with van der Waals surface area (Å²) in [6.07, 6.45) is 6.39. The van der Waals surface area contributed by atoms with Crippen molar-refractivity contribution in [2.75, 3.05) is 13.1 Å². The third-order valence-corrected chi connectivity index (χ3v) is 7.14. The van der Waals surface area contributed by atoms with Crippen LogP contribution in [0.1, 0.15) is 62.7 Å². The molecule has 0 aromatic heterocycles. The first-order chi connectivity index (χ1) is 12.9. The van der Waals surface area contributed by atoms with Gasteiger partial charge in [-0.2, -0.15) is 4.31 Å². The zero-order chi connectivity index (χ0) is 19.4. The molecule has 1 aliphatic carbocycles. The molecule has 1 aromatic rings. The van der Waals surface area contributed by atoms with Crippen LogP contribution in [0, 0.1) is 0 Å². The van der Waals surface area contributed by atoms with Crippen LogP contribution in [0.3, 0.4) is 0 Å². The van der Waals surface area contributed by atoms with Gasteiger partial charge in [0.05, 0.1) is 17.1 Å². The maximum Gasteiger partial charge on any atom is 0.251 e. The smallest absolute Gasteiger partial charge is 0.251 e. The summed E-state index contributed by atoms with van der Waals surface area (Å²) in [4.78, 5) is 12.8. The van der Waals surface area contributed by atoms with Crippen molar-refractivity contribution < 1.29 is 17.9 Å². The van der Waals surface area contributed by atoms with Crippen molar-refractivity contribution in [3.63, 3.8) is 0 Å². The number of nitrogens with one attached hydrogen (secondary N) is 1. The highest BCUT2D eigenvalue weighted by molar-refractivity contribution is 7.89. The van der Waals surface area contributed by atoms with Gasteiger partial charge in [-0.05, 0) is 44.9 Å². The third-order valence-electron chi connectivity index (χ3n) is 5.31. The summed E-state index contributed by atoms with van der Waals surface area (Å²) in [5.74, 6) is -0.192. The Morgan fingerprint density at radius 2 is 1.70 bits per heavy atom. The van der Waals surface area contributed by atoms with Crippen molar-refractivity contribution in [3.05, 3.63) is 29.8 Å². The predicted molar refractivity (Wildman–Crippen MR) is 104 cm³/mol. The molecule has 0 spiro atoms. The van der Waals surface area contributed by atoms with Gasteiger partial charge >= 0.3 is 0 Å². The monoisotopic (exact) mass is 394 g/mol. The lowest BCUT2D eigenvalue weighted by Crippen LogP contribution is -2.48. The number of nitrogens with zero attached hydrogens (tertiary/aromatic N) is 1. The highest BCUT2D eigenvalue weighted by Gasteiger charge is 2.32. The summed E-state index contributed by atoms with van der Waals surface area (Å²) in [6.45, 7) is 4.39. The highest BCUT2D eigenvalue weighted by Crippen LogP contribution is 2.22. The molecule has 1 aliphatic heterocycles. The number of carbonyl (C=O) groups excluding carboxylic acids is 1. The molecule has 0 unspecified atom stereocenters. The third kappa shape index (κ3) is 5.09. The van der Waals surface area contributed by atoms with Gasteiger partial charge < -0.3 is 10.1 Å². The number of amides is 1. The van der Waals surface area contributed by atoms with E-state index < -0.39 is 10.0 Å². The second kappa shape index (κ2) is 8.71. The molecule has 27 heavy (non-hydrogen) atoms. The second-order valence-corrected chi connectivity index (χ2v) is 9.71.